The molecule has 0 fully saturated rings. The second-order valence-electron chi connectivity index (χ2n) is 3.25. The number of amides is 1. The van der Waals surface area contributed by atoms with Crippen LogP contribution in [0.5, 0.6) is 0 Å². The Bertz CT molecular complexity index is 349. The molecule has 0 aliphatic carbocycles. The van der Waals surface area contributed by atoms with Crippen LogP contribution in [0.2, 0.25) is 0 Å². The van der Waals surface area contributed by atoms with Crippen LogP contribution >= 0.6 is 0 Å². The lowest BCUT2D eigenvalue weighted by molar-refractivity contribution is -0.120. The summed E-state index contributed by atoms with van der Waals surface area (Å²) in [6.07, 6.45) is 4.30. The van der Waals surface area contributed by atoms with Gasteiger partial charge in [-0.3, -0.25) is 4.79 Å². The molecular formula is C10H18N2O3S. The first-order valence-corrected chi connectivity index (χ1v) is 6.70. The highest BCUT2D eigenvalue weighted by Crippen LogP contribution is 1.99. The molecule has 6 heteroatoms. The Morgan fingerprint density at radius 1 is 1.38 bits per heavy atom. The second-order valence-corrected chi connectivity index (χ2v) is 5.23. The molecule has 0 unspecified atom stereocenters. The molecule has 0 rings (SSSR count). The molecule has 0 atom stereocenters. The van der Waals surface area contributed by atoms with Crippen molar-refractivity contribution in [3.8, 4) is 0 Å². The van der Waals surface area contributed by atoms with E-state index >= 15 is 0 Å². The first-order valence-electron chi connectivity index (χ1n) is 4.85. The number of hydrogen-bond acceptors (Lipinski definition) is 3. The van der Waals surface area contributed by atoms with Crippen molar-refractivity contribution in [3.05, 3.63) is 25.3 Å². The number of rotatable bonds is 8. The Morgan fingerprint density at radius 3 is 2.44 bits per heavy atom. The molecule has 16 heavy (non-hydrogen) atoms. The summed E-state index contributed by atoms with van der Waals surface area (Å²) in [5, 5.41) is 2.58. The lowest BCUT2D eigenvalue weighted by Crippen LogP contribution is -2.34. The van der Waals surface area contributed by atoms with Gasteiger partial charge in [-0.2, -0.15) is 4.31 Å². The minimum Gasteiger partial charge on any atom is -0.353 e. The maximum absolute atomic E-state index is 11.3. The van der Waals surface area contributed by atoms with Crippen LogP contribution in [0.1, 0.15) is 6.42 Å². The van der Waals surface area contributed by atoms with Crippen molar-refractivity contribution in [2.75, 3.05) is 25.9 Å². The summed E-state index contributed by atoms with van der Waals surface area (Å²) in [5.74, 6) is -0.197. The number of sulfonamides is 1. The molecule has 0 radical (unpaired) electrons. The average Bonchev–Trinajstić information content (AvgIpc) is 2.19. The van der Waals surface area contributed by atoms with Gasteiger partial charge in [-0.25, -0.2) is 8.42 Å². The average molecular weight is 246 g/mol. The largest absolute Gasteiger partial charge is 0.353 e. The molecule has 1 amide bonds. The molecule has 0 aromatic heterocycles. The Balaban J connectivity index is 4.17. The predicted molar refractivity (Wildman–Crippen MR) is 64.4 cm³/mol. The predicted octanol–water partition coefficient (Wildman–Crippen LogP) is 0.126. The molecule has 0 spiro atoms. The summed E-state index contributed by atoms with van der Waals surface area (Å²) < 4.78 is 23.8. The minimum absolute atomic E-state index is 0.134. The molecule has 0 aliphatic rings. The van der Waals surface area contributed by atoms with Gasteiger partial charge in [0.15, 0.2) is 0 Å². The van der Waals surface area contributed by atoms with E-state index in [0.717, 1.165) is 6.26 Å². The van der Waals surface area contributed by atoms with E-state index < -0.39 is 10.0 Å². The zero-order valence-corrected chi connectivity index (χ0v) is 10.3. The first kappa shape index (κ1) is 14.9. The van der Waals surface area contributed by atoms with Crippen LogP contribution < -0.4 is 5.32 Å². The van der Waals surface area contributed by atoms with Crippen molar-refractivity contribution in [1.29, 1.82) is 0 Å². The molecule has 0 aliphatic heterocycles. The van der Waals surface area contributed by atoms with Gasteiger partial charge in [-0.1, -0.05) is 12.2 Å². The SMILES string of the molecule is C=CCNC(=O)CCN(CC=C)S(C)(=O)=O. The van der Waals surface area contributed by atoms with Crippen LogP contribution in [0.25, 0.3) is 0 Å². The van der Waals surface area contributed by atoms with Gasteiger partial charge in [-0.05, 0) is 0 Å². The fraction of sp³-hybridized carbons (Fsp3) is 0.500. The maximum Gasteiger partial charge on any atom is 0.221 e. The fourth-order valence-electron chi connectivity index (χ4n) is 1.04. The number of carbonyl (C=O) groups is 1. The van der Waals surface area contributed by atoms with Crippen molar-refractivity contribution in [1.82, 2.24) is 9.62 Å². The van der Waals surface area contributed by atoms with E-state index in [0.29, 0.717) is 6.54 Å². The van der Waals surface area contributed by atoms with Gasteiger partial charge in [0.25, 0.3) is 0 Å². The molecule has 0 aromatic rings. The van der Waals surface area contributed by atoms with Crippen molar-refractivity contribution >= 4 is 15.9 Å². The summed E-state index contributed by atoms with van der Waals surface area (Å²) in [6, 6.07) is 0. The zero-order valence-electron chi connectivity index (χ0n) is 9.48. The normalized spacial score (nSPS) is 11.1. The molecule has 0 bridgehead atoms. The van der Waals surface area contributed by atoms with E-state index in [1.54, 1.807) is 6.08 Å². The third-order valence-electron chi connectivity index (χ3n) is 1.83. The molecule has 1 N–H and O–H groups in total. The summed E-state index contributed by atoms with van der Waals surface area (Å²) >= 11 is 0. The second kappa shape index (κ2) is 7.19. The molecule has 0 aromatic carbocycles. The lowest BCUT2D eigenvalue weighted by Gasteiger charge is -2.17. The molecular weight excluding hydrogens is 228 g/mol. The van der Waals surface area contributed by atoms with Crippen molar-refractivity contribution in [3.63, 3.8) is 0 Å². The highest BCUT2D eigenvalue weighted by molar-refractivity contribution is 7.88. The Labute approximate surface area is 96.9 Å². The van der Waals surface area contributed by atoms with E-state index in [-0.39, 0.29) is 25.4 Å². The number of nitrogens with zero attached hydrogens (tertiary/aromatic N) is 1. The van der Waals surface area contributed by atoms with Gasteiger partial charge < -0.3 is 5.32 Å². The smallest absolute Gasteiger partial charge is 0.221 e. The van der Waals surface area contributed by atoms with Crippen LogP contribution in [0.3, 0.4) is 0 Å². The van der Waals surface area contributed by atoms with Crippen LogP contribution in [-0.2, 0) is 14.8 Å². The van der Waals surface area contributed by atoms with E-state index in [1.165, 1.54) is 10.4 Å². The first-order chi connectivity index (χ1) is 7.41. The van der Waals surface area contributed by atoms with Gasteiger partial charge in [0.1, 0.15) is 0 Å². The lowest BCUT2D eigenvalue weighted by atomic mass is 10.4. The molecule has 0 saturated heterocycles. The van der Waals surface area contributed by atoms with Crippen molar-refractivity contribution in [2.24, 2.45) is 0 Å². The monoisotopic (exact) mass is 246 g/mol. The maximum atomic E-state index is 11.3. The summed E-state index contributed by atoms with van der Waals surface area (Å²) in [6.45, 7) is 7.70. The van der Waals surface area contributed by atoms with Gasteiger partial charge in [0.2, 0.25) is 15.9 Å². The van der Waals surface area contributed by atoms with Crippen LogP contribution in [0.15, 0.2) is 25.3 Å². The van der Waals surface area contributed by atoms with E-state index in [4.69, 9.17) is 0 Å². The summed E-state index contributed by atoms with van der Waals surface area (Å²) in [4.78, 5) is 11.2. The van der Waals surface area contributed by atoms with E-state index in [2.05, 4.69) is 18.5 Å². The number of nitrogens with one attached hydrogen (secondary N) is 1. The zero-order chi connectivity index (χ0) is 12.6. The van der Waals surface area contributed by atoms with Gasteiger partial charge in [0.05, 0.1) is 6.26 Å². The third-order valence-corrected chi connectivity index (χ3v) is 3.10. The minimum atomic E-state index is -3.28. The van der Waals surface area contributed by atoms with Crippen molar-refractivity contribution in [2.45, 2.75) is 6.42 Å². The molecule has 0 saturated carbocycles. The Kier molecular flexibility index (Phi) is 6.67. The standard InChI is InChI=1S/C10H18N2O3S/c1-4-7-11-10(13)6-9-12(8-5-2)16(3,14)15/h4-5H,1-2,6-9H2,3H3,(H,11,13). The van der Waals surface area contributed by atoms with E-state index in [9.17, 15) is 13.2 Å². The van der Waals surface area contributed by atoms with Crippen LogP contribution in [0, 0.1) is 0 Å². The summed E-state index contributed by atoms with van der Waals surface area (Å²) in [5.41, 5.74) is 0. The number of hydrogen-bond donors (Lipinski definition) is 1. The molecule has 92 valence electrons. The number of carbonyl (C=O) groups excluding carboxylic acids is 1. The van der Waals surface area contributed by atoms with Gasteiger partial charge in [-0.15, -0.1) is 13.2 Å². The third kappa shape index (κ3) is 6.36. The Morgan fingerprint density at radius 2 is 2.00 bits per heavy atom. The van der Waals surface area contributed by atoms with Gasteiger partial charge >= 0.3 is 0 Å². The molecule has 5 nitrogen and oxygen atoms in total. The fourth-order valence-corrected chi connectivity index (χ4v) is 1.84. The van der Waals surface area contributed by atoms with E-state index in [1.807, 2.05) is 0 Å². The highest BCUT2D eigenvalue weighted by Gasteiger charge is 2.15. The molecule has 0 heterocycles. The van der Waals surface area contributed by atoms with Gasteiger partial charge in [0, 0.05) is 26.1 Å². The van der Waals surface area contributed by atoms with Crippen LogP contribution in [-0.4, -0.2) is 44.5 Å². The Hall–Kier alpha value is -1.14. The van der Waals surface area contributed by atoms with Crippen LogP contribution in [0.4, 0.5) is 0 Å². The summed E-state index contributed by atoms with van der Waals surface area (Å²) in [7, 11) is -3.28. The quantitative estimate of drug-likeness (QED) is 0.619. The van der Waals surface area contributed by atoms with Crippen molar-refractivity contribution < 1.29 is 13.2 Å². The topological polar surface area (TPSA) is 66.5 Å². The highest BCUT2D eigenvalue weighted by atomic mass is 32.2.